The van der Waals surface area contributed by atoms with Crippen LogP contribution in [0.2, 0.25) is 0 Å². The van der Waals surface area contributed by atoms with Gasteiger partial charge >= 0.3 is 5.97 Å². The maximum atomic E-state index is 14.1. The summed E-state index contributed by atoms with van der Waals surface area (Å²) in [7, 11) is 2.93. The van der Waals surface area contributed by atoms with Crippen molar-refractivity contribution in [3.63, 3.8) is 0 Å². The fourth-order valence-corrected chi connectivity index (χ4v) is 3.58. The summed E-state index contributed by atoms with van der Waals surface area (Å²) in [5, 5.41) is 7.23. The topological polar surface area (TPSA) is 91.7 Å². The largest absolute Gasteiger partial charge is 0.497 e. The van der Waals surface area contributed by atoms with Crippen molar-refractivity contribution in [2.45, 2.75) is 6.92 Å². The number of anilines is 1. The Labute approximate surface area is 207 Å². The van der Waals surface area contributed by atoms with E-state index in [1.54, 1.807) is 55.1 Å². The molecule has 0 saturated heterocycles. The van der Waals surface area contributed by atoms with Crippen LogP contribution in [-0.4, -0.2) is 42.5 Å². The van der Waals surface area contributed by atoms with Crippen LogP contribution in [-0.2, 0) is 4.74 Å². The molecule has 0 bridgehead atoms. The molecule has 1 N–H and O–H groups in total. The van der Waals surface area contributed by atoms with E-state index in [1.165, 1.54) is 19.2 Å². The van der Waals surface area contributed by atoms with Crippen molar-refractivity contribution in [3.8, 4) is 28.4 Å². The van der Waals surface area contributed by atoms with Crippen LogP contribution in [0.3, 0.4) is 0 Å². The number of hydrogen-bond acceptors (Lipinski definition) is 6. The number of methoxy groups -OCH3 is 2. The van der Waals surface area contributed by atoms with Gasteiger partial charge in [0.15, 0.2) is 17.3 Å². The Hall–Kier alpha value is -4.66. The highest BCUT2D eigenvalue weighted by atomic mass is 19.1. The van der Waals surface area contributed by atoms with Crippen molar-refractivity contribution in [2.24, 2.45) is 0 Å². The third-order valence-electron chi connectivity index (χ3n) is 5.34. The number of halogens is 1. The Balaban J connectivity index is 1.68. The summed E-state index contributed by atoms with van der Waals surface area (Å²) in [6, 6.07) is 19.9. The molecule has 3 aromatic carbocycles. The molecule has 0 radical (unpaired) electrons. The number of nitrogens with zero attached hydrogens (tertiary/aromatic N) is 2. The van der Waals surface area contributed by atoms with Crippen molar-refractivity contribution in [3.05, 3.63) is 89.9 Å². The fraction of sp³-hybridized carbons (Fsp3) is 0.148. The van der Waals surface area contributed by atoms with Crippen LogP contribution < -0.4 is 14.8 Å². The van der Waals surface area contributed by atoms with Crippen LogP contribution in [0.15, 0.2) is 72.8 Å². The van der Waals surface area contributed by atoms with Gasteiger partial charge in [0.1, 0.15) is 5.75 Å². The minimum atomic E-state index is -0.631. The highest BCUT2D eigenvalue weighted by molar-refractivity contribution is 6.04. The van der Waals surface area contributed by atoms with Gasteiger partial charge in [0.25, 0.3) is 5.91 Å². The zero-order chi connectivity index (χ0) is 25.7. The van der Waals surface area contributed by atoms with E-state index in [1.807, 2.05) is 18.2 Å². The number of ether oxygens (including phenoxy) is 3. The maximum absolute atomic E-state index is 14.1. The lowest BCUT2D eigenvalue weighted by Crippen LogP contribution is -2.12. The average molecular weight is 490 g/mol. The lowest BCUT2D eigenvalue weighted by Gasteiger charge is -2.11. The normalized spacial score (nSPS) is 10.6. The van der Waals surface area contributed by atoms with Gasteiger partial charge in [0, 0.05) is 16.8 Å². The van der Waals surface area contributed by atoms with Crippen LogP contribution in [0, 0.1) is 5.82 Å². The summed E-state index contributed by atoms with van der Waals surface area (Å²) in [4.78, 5) is 25.1. The summed E-state index contributed by atoms with van der Waals surface area (Å²) in [6.45, 7) is 1.94. The van der Waals surface area contributed by atoms with E-state index in [4.69, 9.17) is 14.2 Å². The van der Waals surface area contributed by atoms with Gasteiger partial charge in [-0.05, 0) is 67.6 Å². The number of nitrogens with one attached hydrogen (secondary N) is 1. The van der Waals surface area contributed by atoms with Crippen molar-refractivity contribution in [1.29, 1.82) is 0 Å². The van der Waals surface area contributed by atoms with Gasteiger partial charge < -0.3 is 19.5 Å². The summed E-state index contributed by atoms with van der Waals surface area (Å²) in [5.74, 6) is -0.925. The standard InChI is InChI=1S/C27H24FN3O5/c1-4-36-27(33)23-16-24(31(30-23)20-9-11-21(34-2)12-10-20)17-6-5-7-19(14-17)29-26(32)18-8-13-25(35-3)22(28)15-18/h5-16H,4H2,1-3H3,(H,29,32). The third-order valence-corrected chi connectivity index (χ3v) is 5.34. The van der Waals surface area contributed by atoms with Crippen molar-refractivity contribution in [2.75, 3.05) is 26.1 Å². The molecule has 0 atom stereocenters. The molecule has 0 unspecified atom stereocenters. The Morgan fingerprint density at radius 3 is 2.42 bits per heavy atom. The first-order chi connectivity index (χ1) is 17.4. The second kappa shape index (κ2) is 10.7. The van der Waals surface area contributed by atoms with Crippen LogP contribution in [0.5, 0.6) is 11.5 Å². The Morgan fingerprint density at radius 2 is 1.75 bits per heavy atom. The van der Waals surface area contributed by atoms with E-state index in [0.29, 0.717) is 28.4 Å². The molecule has 0 aliphatic heterocycles. The average Bonchev–Trinajstić information content (AvgIpc) is 3.35. The predicted octanol–water partition coefficient (Wildman–Crippen LogP) is 5.12. The van der Waals surface area contributed by atoms with Crippen molar-refractivity contribution in [1.82, 2.24) is 9.78 Å². The molecular formula is C27H24FN3O5. The van der Waals surface area contributed by atoms with Gasteiger partial charge in [-0.25, -0.2) is 13.9 Å². The van der Waals surface area contributed by atoms with Gasteiger partial charge in [-0.15, -0.1) is 0 Å². The minimum absolute atomic E-state index is 0.0535. The number of aromatic nitrogens is 2. The number of hydrogen-bond donors (Lipinski definition) is 1. The monoisotopic (exact) mass is 489 g/mol. The van der Waals surface area contributed by atoms with Crippen molar-refractivity contribution >= 4 is 17.6 Å². The molecular weight excluding hydrogens is 465 g/mol. The molecule has 0 aliphatic rings. The predicted molar refractivity (Wildman–Crippen MR) is 132 cm³/mol. The highest BCUT2D eigenvalue weighted by Crippen LogP contribution is 2.28. The van der Waals surface area contributed by atoms with Crippen LogP contribution in [0.25, 0.3) is 16.9 Å². The molecule has 4 aromatic rings. The Morgan fingerprint density at radius 1 is 0.972 bits per heavy atom. The first kappa shape index (κ1) is 24.5. The molecule has 0 aliphatic carbocycles. The minimum Gasteiger partial charge on any atom is -0.497 e. The molecule has 36 heavy (non-hydrogen) atoms. The van der Waals surface area contributed by atoms with Gasteiger partial charge in [-0.2, -0.15) is 5.10 Å². The smallest absolute Gasteiger partial charge is 0.358 e. The first-order valence-electron chi connectivity index (χ1n) is 11.1. The number of esters is 1. The summed E-state index contributed by atoms with van der Waals surface area (Å²) < 4.78 is 30.9. The number of benzene rings is 3. The highest BCUT2D eigenvalue weighted by Gasteiger charge is 2.18. The molecule has 1 heterocycles. The van der Waals surface area contributed by atoms with Crippen LogP contribution in [0.4, 0.5) is 10.1 Å². The molecule has 1 aromatic heterocycles. The molecule has 0 fully saturated rings. The summed E-state index contributed by atoms with van der Waals surface area (Å²) >= 11 is 0. The Kier molecular flexibility index (Phi) is 7.29. The first-order valence-corrected chi connectivity index (χ1v) is 11.1. The SMILES string of the molecule is CCOC(=O)c1cc(-c2cccc(NC(=O)c3ccc(OC)c(F)c3)c2)n(-c2ccc(OC)cc2)n1. The van der Waals surface area contributed by atoms with Gasteiger partial charge in [0.05, 0.1) is 32.2 Å². The molecule has 0 saturated carbocycles. The second-order valence-corrected chi connectivity index (χ2v) is 7.63. The van der Waals surface area contributed by atoms with E-state index in [9.17, 15) is 14.0 Å². The summed E-state index contributed by atoms with van der Waals surface area (Å²) in [6.07, 6.45) is 0. The molecule has 184 valence electrons. The molecule has 0 spiro atoms. The van der Waals surface area contributed by atoms with Crippen molar-refractivity contribution < 1.29 is 28.2 Å². The second-order valence-electron chi connectivity index (χ2n) is 7.63. The number of amides is 1. The van der Waals surface area contributed by atoms with E-state index >= 15 is 0 Å². The quantitative estimate of drug-likeness (QED) is 0.345. The van der Waals surface area contributed by atoms with Crippen LogP contribution in [0.1, 0.15) is 27.8 Å². The number of carbonyl (C=O) groups excluding carboxylic acids is 2. The number of carbonyl (C=O) groups is 2. The van der Waals surface area contributed by atoms with Gasteiger partial charge in [0.2, 0.25) is 0 Å². The van der Waals surface area contributed by atoms with E-state index in [2.05, 4.69) is 10.4 Å². The van der Waals surface area contributed by atoms with E-state index in [-0.39, 0.29) is 23.6 Å². The molecule has 9 heteroatoms. The lowest BCUT2D eigenvalue weighted by atomic mass is 10.1. The van der Waals surface area contributed by atoms with Crippen LogP contribution >= 0.6 is 0 Å². The summed E-state index contributed by atoms with van der Waals surface area (Å²) in [5.41, 5.74) is 2.76. The van der Waals surface area contributed by atoms with Gasteiger partial charge in [-0.3, -0.25) is 4.79 Å². The zero-order valence-electron chi connectivity index (χ0n) is 19.9. The zero-order valence-corrected chi connectivity index (χ0v) is 19.9. The fourth-order valence-electron chi connectivity index (χ4n) is 3.58. The maximum Gasteiger partial charge on any atom is 0.358 e. The molecule has 1 amide bonds. The van der Waals surface area contributed by atoms with E-state index in [0.717, 1.165) is 6.07 Å². The third kappa shape index (κ3) is 5.20. The Bertz CT molecular complexity index is 1400. The molecule has 4 rings (SSSR count). The lowest BCUT2D eigenvalue weighted by molar-refractivity contribution is 0.0519. The number of rotatable bonds is 8. The van der Waals surface area contributed by atoms with Gasteiger partial charge in [-0.1, -0.05) is 12.1 Å². The van der Waals surface area contributed by atoms with E-state index < -0.39 is 17.7 Å². The molecule has 8 nitrogen and oxygen atoms in total.